The topological polar surface area (TPSA) is 55.4 Å². The average molecular weight is 643 g/mol. The molecular formula is C33H36F6O6. The van der Waals surface area contributed by atoms with Crippen molar-refractivity contribution in [3.05, 3.63) is 69.8 Å². The highest BCUT2D eigenvalue weighted by Crippen LogP contribution is 2.44. The Bertz CT molecular complexity index is 1520. The molecule has 6 nitrogen and oxygen atoms in total. The van der Waals surface area contributed by atoms with Crippen molar-refractivity contribution >= 4 is 0 Å². The van der Waals surface area contributed by atoms with E-state index in [1.54, 1.807) is 36.4 Å². The first-order valence-corrected chi connectivity index (χ1v) is 14.8. The molecule has 0 bridgehead atoms. The molecule has 0 N–H and O–H groups in total. The van der Waals surface area contributed by atoms with Gasteiger partial charge in [0.15, 0.2) is 34.5 Å². The molecule has 0 unspecified atom stereocenters. The number of benzene rings is 3. The SMILES string of the molecule is CCCc1cc2c(cc1C)OC(F)(F)O2.CCCc1cc2c(cc1CC)OC(F)(F)O2.CCc1cc2c(cc1C)OC(F)(F)O2. The number of halogens is 6. The van der Waals surface area contributed by atoms with E-state index in [4.69, 9.17) is 0 Å². The summed E-state index contributed by atoms with van der Waals surface area (Å²) in [7, 11) is 0. The Labute approximate surface area is 258 Å². The lowest BCUT2D eigenvalue weighted by Crippen LogP contribution is -2.25. The van der Waals surface area contributed by atoms with Gasteiger partial charge < -0.3 is 28.4 Å². The molecule has 0 spiro atoms. The van der Waals surface area contributed by atoms with Gasteiger partial charge in [0.2, 0.25) is 0 Å². The monoisotopic (exact) mass is 642 g/mol. The van der Waals surface area contributed by atoms with Gasteiger partial charge in [-0.3, -0.25) is 0 Å². The zero-order valence-corrected chi connectivity index (χ0v) is 25.9. The van der Waals surface area contributed by atoms with Gasteiger partial charge in [-0.1, -0.05) is 40.5 Å². The Kier molecular flexibility index (Phi) is 9.94. The van der Waals surface area contributed by atoms with Gasteiger partial charge in [0.25, 0.3) is 0 Å². The van der Waals surface area contributed by atoms with Gasteiger partial charge in [-0.2, -0.15) is 0 Å². The van der Waals surface area contributed by atoms with Crippen LogP contribution in [0.4, 0.5) is 26.3 Å². The largest absolute Gasteiger partial charge is 0.586 e. The van der Waals surface area contributed by atoms with Crippen molar-refractivity contribution in [2.45, 2.75) is 99.0 Å². The van der Waals surface area contributed by atoms with Crippen molar-refractivity contribution in [3.8, 4) is 34.5 Å². The van der Waals surface area contributed by atoms with E-state index in [1.165, 1.54) is 0 Å². The second kappa shape index (κ2) is 13.2. The normalized spacial score (nSPS) is 16.8. The first kappa shape index (κ1) is 33.9. The van der Waals surface area contributed by atoms with Gasteiger partial charge in [0, 0.05) is 0 Å². The molecule has 3 heterocycles. The highest BCUT2D eigenvalue weighted by Gasteiger charge is 2.45. The standard InChI is InChI=1S/C12H14F2O2.C11H12F2O2.C10H10F2O2/c1-3-5-9-7-11-10(6-8(9)4-2)15-12(13,14)16-11;1-3-4-8-6-10-9(5-7(8)2)14-11(12,13)15-10;1-3-7-5-9-8(4-6(7)2)13-10(11,12)14-9/h6-7H,3-5H2,1-2H3;5-6H,3-4H2,1-2H3;4-5H,3H2,1-2H3. The van der Waals surface area contributed by atoms with Crippen LogP contribution in [-0.2, 0) is 25.7 Å². The van der Waals surface area contributed by atoms with E-state index in [2.05, 4.69) is 35.3 Å². The van der Waals surface area contributed by atoms with Gasteiger partial charge in [-0.25, -0.2) is 0 Å². The minimum atomic E-state index is -3.52. The summed E-state index contributed by atoms with van der Waals surface area (Å²) in [5, 5.41) is 0. The summed E-state index contributed by atoms with van der Waals surface area (Å²) in [5.74, 6) is 0.779. The number of alkyl halides is 6. The molecule has 3 aromatic carbocycles. The lowest BCUT2D eigenvalue weighted by molar-refractivity contribution is -0.287. The molecule has 0 aliphatic carbocycles. The van der Waals surface area contributed by atoms with Gasteiger partial charge in [0.1, 0.15) is 0 Å². The van der Waals surface area contributed by atoms with Gasteiger partial charge in [-0.05, 0) is 109 Å². The van der Waals surface area contributed by atoms with Crippen molar-refractivity contribution in [2.75, 3.05) is 0 Å². The maximum atomic E-state index is 12.8. The van der Waals surface area contributed by atoms with E-state index in [9.17, 15) is 26.3 Å². The van der Waals surface area contributed by atoms with E-state index < -0.39 is 18.9 Å². The van der Waals surface area contributed by atoms with Gasteiger partial charge in [0.05, 0.1) is 0 Å². The molecule has 0 fully saturated rings. The van der Waals surface area contributed by atoms with Crippen LogP contribution in [0.15, 0.2) is 36.4 Å². The van der Waals surface area contributed by atoms with Crippen molar-refractivity contribution < 1.29 is 54.8 Å². The Hall–Kier alpha value is -3.96. The zero-order chi connectivity index (χ0) is 33.2. The third kappa shape index (κ3) is 8.20. The zero-order valence-electron chi connectivity index (χ0n) is 25.9. The third-order valence-electron chi connectivity index (χ3n) is 7.24. The molecule has 0 saturated heterocycles. The lowest BCUT2D eigenvalue weighted by Gasteiger charge is -2.07. The smallest absolute Gasteiger partial charge is 0.395 e. The summed E-state index contributed by atoms with van der Waals surface area (Å²) in [6.07, 6.45) is -5.29. The minimum Gasteiger partial charge on any atom is -0.395 e. The first-order chi connectivity index (χ1) is 21.1. The molecule has 6 rings (SSSR count). The molecule has 0 saturated carbocycles. The molecule has 0 amide bonds. The van der Waals surface area contributed by atoms with Crippen LogP contribution in [0.25, 0.3) is 0 Å². The Morgan fingerprint density at radius 2 is 0.711 bits per heavy atom. The predicted molar refractivity (Wildman–Crippen MR) is 154 cm³/mol. The molecule has 246 valence electrons. The van der Waals surface area contributed by atoms with E-state index in [0.717, 1.165) is 71.9 Å². The summed E-state index contributed by atoms with van der Waals surface area (Å²) in [6.45, 7) is 11.8. The summed E-state index contributed by atoms with van der Waals surface area (Å²) in [4.78, 5) is 0. The summed E-state index contributed by atoms with van der Waals surface area (Å²) >= 11 is 0. The Morgan fingerprint density at radius 3 is 1.09 bits per heavy atom. The minimum absolute atomic E-state index is 0.115. The molecule has 3 aliphatic heterocycles. The maximum absolute atomic E-state index is 12.8. The average Bonchev–Trinajstić information content (AvgIpc) is 3.53. The Morgan fingerprint density at radius 1 is 0.422 bits per heavy atom. The van der Waals surface area contributed by atoms with Crippen molar-refractivity contribution in [3.63, 3.8) is 0 Å². The second-order valence-electron chi connectivity index (χ2n) is 10.7. The number of hydrogen-bond acceptors (Lipinski definition) is 6. The van der Waals surface area contributed by atoms with Crippen LogP contribution in [0.3, 0.4) is 0 Å². The number of aryl methyl sites for hydroxylation is 6. The molecule has 0 radical (unpaired) electrons. The maximum Gasteiger partial charge on any atom is 0.586 e. The molecule has 12 heteroatoms. The lowest BCUT2D eigenvalue weighted by atomic mass is 10.0. The molecular weight excluding hydrogens is 606 g/mol. The Balaban J connectivity index is 0.000000154. The molecule has 3 aromatic rings. The van der Waals surface area contributed by atoms with E-state index in [0.29, 0.717) is 0 Å². The fourth-order valence-electron chi connectivity index (χ4n) is 5.11. The van der Waals surface area contributed by atoms with Crippen molar-refractivity contribution in [1.82, 2.24) is 0 Å². The van der Waals surface area contributed by atoms with Gasteiger partial charge in [-0.15, -0.1) is 26.3 Å². The van der Waals surface area contributed by atoms with Crippen LogP contribution in [0.5, 0.6) is 34.5 Å². The van der Waals surface area contributed by atoms with Crippen LogP contribution in [0.1, 0.15) is 73.9 Å². The van der Waals surface area contributed by atoms with Crippen LogP contribution in [0, 0.1) is 13.8 Å². The van der Waals surface area contributed by atoms with Crippen LogP contribution in [0.2, 0.25) is 0 Å². The first-order valence-electron chi connectivity index (χ1n) is 14.8. The van der Waals surface area contributed by atoms with Gasteiger partial charge >= 0.3 is 18.9 Å². The third-order valence-corrected chi connectivity index (χ3v) is 7.24. The molecule has 3 aliphatic rings. The number of fused-ring (bicyclic) bond motifs is 3. The van der Waals surface area contributed by atoms with E-state index in [-0.39, 0.29) is 34.5 Å². The highest BCUT2D eigenvalue weighted by molar-refractivity contribution is 5.51. The predicted octanol–water partition coefficient (Wildman–Crippen LogP) is 9.67. The number of rotatable bonds is 6. The highest BCUT2D eigenvalue weighted by atomic mass is 19.3. The number of ether oxygens (including phenoxy) is 6. The fraction of sp³-hybridized carbons (Fsp3) is 0.455. The van der Waals surface area contributed by atoms with Crippen LogP contribution in [-0.4, -0.2) is 18.9 Å². The van der Waals surface area contributed by atoms with Crippen LogP contribution >= 0.6 is 0 Å². The summed E-state index contributed by atoms with van der Waals surface area (Å²) < 4.78 is 103. The fourth-order valence-corrected chi connectivity index (χ4v) is 5.11. The molecule has 0 aromatic heterocycles. The summed E-state index contributed by atoms with van der Waals surface area (Å²) in [6, 6.07) is 9.73. The quantitative estimate of drug-likeness (QED) is 0.250. The van der Waals surface area contributed by atoms with E-state index in [1.807, 2.05) is 34.6 Å². The second-order valence-corrected chi connectivity index (χ2v) is 10.7. The molecule has 45 heavy (non-hydrogen) atoms. The van der Waals surface area contributed by atoms with Crippen molar-refractivity contribution in [1.29, 1.82) is 0 Å². The van der Waals surface area contributed by atoms with E-state index >= 15 is 0 Å². The number of hydrogen-bond donors (Lipinski definition) is 0. The summed E-state index contributed by atoms with van der Waals surface area (Å²) in [5.41, 5.74) is 6.01. The molecule has 0 atom stereocenters. The van der Waals surface area contributed by atoms with Crippen molar-refractivity contribution in [2.24, 2.45) is 0 Å². The van der Waals surface area contributed by atoms with Crippen LogP contribution < -0.4 is 28.4 Å².